The highest BCUT2D eigenvalue weighted by atomic mass is 16.3. The third kappa shape index (κ3) is 2.39. The van der Waals surface area contributed by atoms with Crippen LogP contribution in [-0.2, 0) is 13.0 Å². The van der Waals surface area contributed by atoms with Crippen LogP contribution in [0.3, 0.4) is 0 Å². The van der Waals surface area contributed by atoms with Gasteiger partial charge in [-0.1, -0.05) is 30.3 Å². The Morgan fingerprint density at radius 1 is 1.12 bits per heavy atom. The molecule has 0 atom stereocenters. The lowest BCUT2D eigenvalue weighted by molar-refractivity contribution is 0.577. The van der Waals surface area contributed by atoms with E-state index in [-0.39, 0.29) is 0 Å². The molecule has 3 N–H and O–H groups in total. The number of rotatable bonds is 4. The van der Waals surface area contributed by atoms with Gasteiger partial charge in [0, 0.05) is 13.1 Å². The number of hydrogen-bond acceptors (Lipinski definition) is 7. The Kier molecular flexibility index (Phi) is 3.36. The summed E-state index contributed by atoms with van der Waals surface area (Å²) >= 11 is 0. The van der Waals surface area contributed by atoms with Crippen molar-refractivity contribution in [2.45, 2.75) is 13.0 Å². The number of aromatic nitrogens is 4. The highest BCUT2D eigenvalue weighted by Crippen LogP contribution is 2.29. The number of nitrogen functional groups attached to an aromatic ring is 1. The Morgan fingerprint density at radius 3 is 2.81 bits per heavy atom. The van der Waals surface area contributed by atoms with Crippen LogP contribution >= 0.6 is 0 Å². The number of nitrogens with two attached hydrogens (primary N) is 1. The summed E-state index contributed by atoms with van der Waals surface area (Å²) in [6.07, 6.45) is 2.50. The van der Waals surface area contributed by atoms with Crippen LogP contribution in [0.4, 0.5) is 11.8 Å². The fourth-order valence-electron chi connectivity index (χ4n) is 3.20. The number of benzene rings is 1. The van der Waals surface area contributed by atoms with Gasteiger partial charge in [0.2, 0.25) is 11.8 Å². The first kappa shape index (κ1) is 14.9. The van der Waals surface area contributed by atoms with Gasteiger partial charge in [-0.25, -0.2) is 10.4 Å². The molecule has 0 aliphatic carbocycles. The molecule has 1 aliphatic rings. The molecule has 0 amide bonds. The van der Waals surface area contributed by atoms with Crippen LogP contribution in [0.25, 0.3) is 17.2 Å². The van der Waals surface area contributed by atoms with E-state index in [4.69, 9.17) is 10.2 Å². The number of hydrogen-bond donors (Lipinski definition) is 2. The van der Waals surface area contributed by atoms with Crippen molar-refractivity contribution in [3.05, 3.63) is 59.9 Å². The van der Waals surface area contributed by atoms with Crippen LogP contribution < -0.4 is 16.2 Å². The molecule has 8 heteroatoms. The van der Waals surface area contributed by atoms with E-state index in [2.05, 4.69) is 32.6 Å². The second kappa shape index (κ2) is 5.85. The van der Waals surface area contributed by atoms with Gasteiger partial charge in [0.25, 0.3) is 0 Å². The number of hydrazine groups is 1. The van der Waals surface area contributed by atoms with Crippen molar-refractivity contribution < 1.29 is 4.42 Å². The summed E-state index contributed by atoms with van der Waals surface area (Å²) in [7, 11) is 0. The van der Waals surface area contributed by atoms with Gasteiger partial charge in [0.15, 0.2) is 17.2 Å². The molecule has 0 spiro atoms. The van der Waals surface area contributed by atoms with Crippen molar-refractivity contribution in [2.24, 2.45) is 0 Å². The van der Waals surface area contributed by atoms with Gasteiger partial charge in [-0.2, -0.15) is 9.50 Å². The van der Waals surface area contributed by atoms with E-state index in [1.807, 2.05) is 29.3 Å². The van der Waals surface area contributed by atoms with Crippen molar-refractivity contribution in [3.8, 4) is 11.6 Å². The van der Waals surface area contributed by atoms with Crippen LogP contribution in [0.2, 0.25) is 0 Å². The Hall–Kier alpha value is -3.39. The molecule has 4 aromatic rings. The van der Waals surface area contributed by atoms with Crippen molar-refractivity contribution >= 4 is 17.4 Å². The third-order valence-electron chi connectivity index (χ3n) is 4.50. The summed E-state index contributed by atoms with van der Waals surface area (Å²) in [6, 6.07) is 14.0. The summed E-state index contributed by atoms with van der Waals surface area (Å²) in [4.78, 5) is 9.15. The van der Waals surface area contributed by atoms with E-state index in [1.165, 1.54) is 5.56 Å². The standard InChI is InChI=1S/C18H17N7O/c19-18-22-16-13(11-20-24(16)9-8-12-5-2-1-3-6-12)17-21-15(23-25(17)18)14-7-4-10-26-14/h1-7,10,20H,8-9,11H2,(H2,19,22). The zero-order valence-corrected chi connectivity index (χ0v) is 14.0. The van der Waals surface area contributed by atoms with E-state index in [9.17, 15) is 0 Å². The fourth-order valence-corrected chi connectivity index (χ4v) is 3.20. The molecule has 3 aromatic heterocycles. The number of fused-ring (bicyclic) bond motifs is 3. The first-order valence-corrected chi connectivity index (χ1v) is 8.43. The van der Waals surface area contributed by atoms with Crippen LogP contribution in [0.15, 0.2) is 53.1 Å². The smallest absolute Gasteiger partial charge is 0.225 e. The predicted octanol–water partition coefficient (Wildman–Crippen LogP) is 2.03. The van der Waals surface area contributed by atoms with Crippen molar-refractivity contribution in [2.75, 3.05) is 17.3 Å². The van der Waals surface area contributed by atoms with Gasteiger partial charge in [-0.15, -0.1) is 5.10 Å². The van der Waals surface area contributed by atoms with Gasteiger partial charge < -0.3 is 10.2 Å². The highest BCUT2D eigenvalue weighted by Gasteiger charge is 2.26. The molecule has 0 unspecified atom stereocenters. The zero-order valence-electron chi connectivity index (χ0n) is 14.0. The molecule has 5 rings (SSSR count). The number of anilines is 2. The Labute approximate surface area is 149 Å². The maximum atomic E-state index is 6.13. The number of nitrogens with one attached hydrogen (secondary N) is 1. The molecule has 0 bridgehead atoms. The Bertz CT molecular complexity index is 1060. The molecule has 26 heavy (non-hydrogen) atoms. The van der Waals surface area contributed by atoms with E-state index in [0.717, 1.165) is 24.3 Å². The molecular formula is C18H17N7O. The minimum atomic E-state index is 0.303. The quantitative estimate of drug-likeness (QED) is 0.583. The SMILES string of the molecule is Nc1nc2c(c3nc(-c4ccco4)nn13)CNN2CCc1ccccc1. The molecule has 1 aromatic carbocycles. The zero-order chi connectivity index (χ0) is 17.5. The molecule has 0 saturated heterocycles. The minimum Gasteiger partial charge on any atom is -0.461 e. The van der Waals surface area contributed by atoms with E-state index < -0.39 is 0 Å². The molecule has 0 fully saturated rings. The normalized spacial score (nSPS) is 13.5. The molecule has 8 nitrogen and oxygen atoms in total. The molecule has 130 valence electrons. The van der Waals surface area contributed by atoms with Gasteiger partial charge in [-0.05, 0) is 24.1 Å². The molecule has 4 heterocycles. The Balaban J connectivity index is 1.49. The lowest BCUT2D eigenvalue weighted by Crippen LogP contribution is -2.34. The van der Waals surface area contributed by atoms with Crippen LogP contribution in [-0.4, -0.2) is 26.1 Å². The lowest BCUT2D eigenvalue weighted by atomic mass is 10.1. The number of nitrogens with zero attached hydrogens (tertiary/aromatic N) is 5. The average molecular weight is 347 g/mol. The van der Waals surface area contributed by atoms with Gasteiger partial charge >= 0.3 is 0 Å². The van der Waals surface area contributed by atoms with Gasteiger partial charge in [0.05, 0.1) is 11.8 Å². The monoisotopic (exact) mass is 347 g/mol. The number of furan rings is 1. The fraction of sp³-hybridized carbons (Fsp3) is 0.167. The summed E-state index contributed by atoms with van der Waals surface area (Å²) in [6.45, 7) is 1.43. The van der Waals surface area contributed by atoms with Gasteiger partial charge in [0.1, 0.15) is 0 Å². The molecule has 0 radical (unpaired) electrons. The topological polar surface area (TPSA) is 97.5 Å². The third-order valence-corrected chi connectivity index (χ3v) is 4.50. The first-order valence-electron chi connectivity index (χ1n) is 8.43. The maximum Gasteiger partial charge on any atom is 0.225 e. The molecular weight excluding hydrogens is 330 g/mol. The van der Waals surface area contributed by atoms with Crippen LogP contribution in [0, 0.1) is 0 Å². The summed E-state index contributed by atoms with van der Waals surface area (Å²) in [5.74, 6) is 2.22. The van der Waals surface area contributed by atoms with Crippen molar-refractivity contribution in [1.29, 1.82) is 0 Å². The second-order valence-electron chi connectivity index (χ2n) is 6.14. The Morgan fingerprint density at radius 2 is 2.00 bits per heavy atom. The van der Waals surface area contributed by atoms with Crippen molar-refractivity contribution in [1.82, 2.24) is 25.0 Å². The summed E-state index contributed by atoms with van der Waals surface area (Å²) in [5.41, 5.74) is 12.5. The van der Waals surface area contributed by atoms with Crippen LogP contribution in [0.5, 0.6) is 0 Å². The van der Waals surface area contributed by atoms with E-state index in [0.29, 0.717) is 29.7 Å². The first-order chi connectivity index (χ1) is 12.8. The lowest BCUT2D eigenvalue weighted by Gasteiger charge is -2.18. The van der Waals surface area contributed by atoms with Crippen LogP contribution in [0.1, 0.15) is 11.1 Å². The van der Waals surface area contributed by atoms with Gasteiger partial charge in [-0.3, -0.25) is 5.01 Å². The van der Waals surface area contributed by atoms with E-state index in [1.54, 1.807) is 16.8 Å². The maximum absolute atomic E-state index is 6.13. The summed E-state index contributed by atoms with van der Waals surface area (Å²) in [5, 5.41) is 6.46. The highest BCUT2D eigenvalue weighted by molar-refractivity contribution is 5.68. The van der Waals surface area contributed by atoms with Crippen molar-refractivity contribution in [3.63, 3.8) is 0 Å². The summed E-state index contributed by atoms with van der Waals surface area (Å²) < 4.78 is 6.96. The largest absolute Gasteiger partial charge is 0.461 e. The second-order valence-corrected chi connectivity index (χ2v) is 6.14. The molecule has 1 aliphatic heterocycles. The minimum absolute atomic E-state index is 0.303. The predicted molar refractivity (Wildman–Crippen MR) is 97.2 cm³/mol. The average Bonchev–Trinajstić information content (AvgIpc) is 3.39. The molecule has 0 saturated carbocycles. The van der Waals surface area contributed by atoms with E-state index >= 15 is 0 Å².